The number of likely N-dealkylation sites (tertiary alicyclic amines) is 1. The van der Waals surface area contributed by atoms with Crippen molar-refractivity contribution >= 4 is 10.2 Å². The highest BCUT2D eigenvalue weighted by molar-refractivity contribution is 7.86. The third kappa shape index (κ3) is 4.47. The molecule has 1 heterocycles. The number of nitrogens with zero attached hydrogens (tertiary/aromatic N) is 3. The van der Waals surface area contributed by atoms with Crippen LogP contribution in [0.25, 0.3) is 0 Å². The molecule has 18 heavy (non-hydrogen) atoms. The Bertz CT molecular complexity index is 328. The molecule has 1 aliphatic heterocycles. The van der Waals surface area contributed by atoms with Crippen molar-refractivity contribution in [2.75, 3.05) is 53.4 Å². The number of aliphatic hydroxyl groups excluding tert-OH is 1. The Balaban J connectivity index is 2.39. The molecular weight excluding hydrogens is 254 g/mol. The van der Waals surface area contributed by atoms with Crippen LogP contribution in [0.4, 0.5) is 0 Å². The normalized spacial score (nSPS) is 18.1. The molecule has 0 bridgehead atoms. The molecule has 0 aromatic carbocycles. The average molecular weight is 279 g/mol. The lowest BCUT2D eigenvalue weighted by molar-refractivity contribution is 0.269. The lowest BCUT2D eigenvalue weighted by atomic mass is 10.4. The van der Waals surface area contributed by atoms with E-state index in [1.54, 1.807) is 14.1 Å². The van der Waals surface area contributed by atoms with Gasteiger partial charge in [0.1, 0.15) is 0 Å². The molecule has 0 spiro atoms. The Morgan fingerprint density at radius 3 is 2.22 bits per heavy atom. The fraction of sp³-hybridized carbons (Fsp3) is 1.00. The van der Waals surface area contributed by atoms with Crippen molar-refractivity contribution in [1.29, 1.82) is 0 Å². The van der Waals surface area contributed by atoms with Gasteiger partial charge in [0.05, 0.1) is 0 Å². The minimum atomic E-state index is -3.37. The highest BCUT2D eigenvalue weighted by Crippen LogP contribution is 2.09. The molecule has 0 saturated carbocycles. The SMILES string of the molecule is CN(CCCO)S(=O)(=O)N(C)CCN1CCCC1. The van der Waals surface area contributed by atoms with Gasteiger partial charge >= 0.3 is 0 Å². The van der Waals surface area contributed by atoms with Gasteiger partial charge in [-0.1, -0.05) is 0 Å². The highest BCUT2D eigenvalue weighted by atomic mass is 32.2. The van der Waals surface area contributed by atoms with Crippen molar-refractivity contribution in [3.05, 3.63) is 0 Å². The lowest BCUT2D eigenvalue weighted by Gasteiger charge is -2.25. The topological polar surface area (TPSA) is 64.1 Å². The number of hydrogen-bond acceptors (Lipinski definition) is 4. The van der Waals surface area contributed by atoms with Crippen LogP contribution in [0.15, 0.2) is 0 Å². The molecular formula is C11H25N3O3S. The van der Waals surface area contributed by atoms with Crippen LogP contribution in [0.2, 0.25) is 0 Å². The van der Waals surface area contributed by atoms with Crippen LogP contribution in [0, 0.1) is 0 Å². The first-order valence-electron chi connectivity index (χ1n) is 6.49. The van der Waals surface area contributed by atoms with Crippen molar-refractivity contribution in [3.8, 4) is 0 Å². The molecule has 0 radical (unpaired) electrons. The van der Waals surface area contributed by atoms with Gasteiger partial charge in [-0.2, -0.15) is 17.0 Å². The third-order valence-corrected chi connectivity index (χ3v) is 5.29. The molecule has 108 valence electrons. The smallest absolute Gasteiger partial charge is 0.281 e. The molecule has 1 rings (SSSR count). The minimum Gasteiger partial charge on any atom is -0.396 e. The first-order chi connectivity index (χ1) is 8.48. The minimum absolute atomic E-state index is 0.0113. The molecule has 1 N–H and O–H groups in total. The summed E-state index contributed by atoms with van der Waals surface area (Å²) in [5.41, 5.74) is 0. The molecule has 0 amide bonds. The molecule has 6 nitrogen and oxygen atoms in total. The van der Waals surface area contributed by atoms with E-state index in [0.29, 0.717) is 19.5 Å². The van der Waals surface area contributed by atoms with Gasteiger partial charge in [0, 0.05) is 40.3 Å². The first-order valence-corrected chi connectivity index (χ1v) is 7.89. The lowest BCUT2D eigenvalue weighted by Crippen LogP contribution is -2.43. The third-order valence-electron chi connectivity index (χ3n) is 3.35. The fourth-order valence-electron chi connectivity index (χ4n) is 2.05. The Hall–Kier alpha value is -0.210. The van der Waals surface area contributed by atoms with E-state index in [4.69, 9.17) is 5.11 Å². The van der Waals surface area contributed by atoms with E-state index in [0.717, 1.165) is 19.6 Å². The monoisotopic (exact) mass is 279 g/mol. The summed E-state index contributed by atoms with van der Waals surface area (Å²) in [5.74, 6) is 0. The van der Waals surface area contributed by atoms with Crippen LogP contribution in [-0.4, -0.2) is 80.5 Å². The number of rotatable bonds is 8. The van der Waals surface area contributed by atoms with E-state index < -0.39 is 10.2 Å². The van der Waals surface area contributed by atoms with Crippen LogP contribution in [0.3, 0.4) is 0 Å². The van der Waals surface area contributed by atoms with Crippen LogP contribution < -0.4 is 0 Å². The van der Waals surface area contributed by atoms with Crippen molar-refractivity contribution in [2.24, 2.45) is 0 Å². The van der Waals surface area contributed by atoms with Crippen LogP contribution in [-0.2, 0) is 10.2 Å². The second-order valence-corrected chi connectivity index (χ2v) is 6.92. The average Bonchev–Trinajstić information content (AvgIpc) is 2.85. The Labute approximate surface area is 110 Å². The summed E-state index contributed by atoms with van der Waals surface area (Å²) in [6.07, 6.45) is 2.90. The van der Waals surface area contributed by atoms with Crippen molar-refractivity contribution in [2.45, 2.75) is 19.3 Å². The van der Waals surface area contributed by atoms with E-state index in [-0.39, 0.29) is 6.61 Å². The Kier molecular flexibility index (Phi) is 6.51. The van der Waals surface area contributed by atoms with E-state index in [2.05, 4.69) is 4.90 Å². The van der Waals surface area contributed by atoms with Gasteiger partial charge in [0.15, 0.2) is 0 Å². The van der Waals surface area contributed by atoms with Gasteiger partial charge in [0.2, 0.25) is 0 Å². The summed E-state index contributed by atoms with van der Waals surface area (Å²) in [5, 5.41) is 8.72. The van der Waals surface area contributed by atoms with Crippen molar-refractivity contribution in [1.82, 2.24) is 13.5 Å². The number of hydrogen-bond donors (Lipinski definition) is 1. The quantitative estimate of drug-likeness (QED) is 0.655. The highest BCUT2D eigenvalue weighted by Gasteiger charge is 2.23. The molecule has 1 aliphatic rings. The standard InChI is InChI=1S/C11H25N3O3S/c1-12(6-5-11-15)18(16,17)13(2)9-10-14-7-3-4-8-14/h15H,3-11H2,1-2H3. The van der Waals surface area contributed by atoms with Crippen LogP contribution in [0.1, 0.15) is 19.3 Å². The largest absolute Gasteiger partial charge is 0.396 e. The molecule has 0 unspecified atom stereocenters. The maximum atomic E-state index is 12.1. The molecule has 0 aliphatic carbocycles. The van der Waals surface area contributed by atoms with Gasteiger partial charge in [-0.15, -0.1) is 0 Å². The number of aliphatic hydroxyl groups is 1. The van der Waals surface area contributed by atoms with Crippen molar-refractivity contribution < 1.29 is 13.5 Å². The van der Waals surface area contributed by atoms with Gasteiger partial charge in [-0.05, 0) is 32.4 Å². The zero-order chi connectivity index (χ0) is 13.6. The predicted molar refractivity (Wildman–Crippen MR) is 71.6 cm³/mol. The van der Waals surface area contributed by atoms with E-state index in [1.165, 1.54) is 21.5 Å². The Morgan fingerprint density at radius 2 is 1.67 bits per heavy atom. The first kappa shape index (κ1) is 15.8. The van der Waals surface area contributed by atoms with Gasteiger partial charge in [-0.3, -0.25) is 0 Å². The Morgan fingerprint density at radius 1 is 1.11 bits per heavy atom. The molecule has 0 aromatic rings. The van der Waals surface area contributed by atoms with E-state index in [9.17, 15) is 8.42 Å². The zero-order valence-corrected chi connectivity index (χ0v) is 12.2. The van der Waals surface area contributed by atoms with Crippen molar-refractivity contribution in [3.63, 3.8) is 0 Å². The fourth-order valence-corrected chi connectivity index (χ4v) is 3.20. The summed E-state index contributed by atoms with van der Waals surface area (Å²) >= 11 is 0. The second-order valence-electron chi connectivity index (χ2n) is 4.78. The van der Waals surface area contributed by atoms with E-state index in [1.807, 2.05) is 0 Å². The summed E-state index contributed by atoms with van der Waals surface area (Å²) in [6, 6.07) is 0. The van der Waals surface area contributed by atoms with Crippen LogP contribution >= 0.6 is 0 Å². The maximum absolute atomic E-state index is 12.1. The van der Waals surface area contributed by atoms with Gasteiger partial charge in [0.25, 0.3) is 10.2 Å². The zero-order valence-electron chi connectivity index (χ0n) is 11.4. The van der Waals surface area contributed by atoms with Gasteiger partial charge < -0.3 is 10.0 Å². The van der Waals surface area contributed by atoms with Gasteiger partial charge in [-0.25, -0.2) is 0 Å². The molecule has 7 heteroatoms. The van der Waals surface area contributed by atoms with E-state index >= 15 is 0 Å². The predicted octanol–water partition coefficient (Wildman–Crippen LogP) is -0.427. The maximum Gasteiger partial charge on any atom is 0.281 e. The summed E-state index contributed by atoms with van der Waals surface area (Å²) in [7, 11) is -0.209. The second kappa shape index (κ2) is 7.40. The summed E-state index contributed by atoms with van der Waals surface area (Å²) in [4.78, 5) is 2.29. The van der Waals surface area contributed by atoms with Crippen LogP contribution in [0.5, 0.6) is 0 Å². The molecule has 0 atom stereocenters. The molecule has 1 saturated heterocycles. The number of likely N-dealkylation sites (N-methyl/N-ethyl adjacent to an activating group) is 1. The molecule has 0 aromatic heterocycles. The molecule has 1 fully saturated rings. The summed E-state index contributed by atoms with van der Waals surface area (Å²) in [6.45, 7) is 3.84. The summed E-state index contributed by atoms with van der Waals surface area (Å²) < 4.78 is 26.9.